The third kappa shape index (κ3) is 2.44. The van der Waals surface area contributed by atoms with Crippen molar-refractivity contribution in [3.05, 3.63) is 12.2 Å². The standard InChI is InChI=1S/C11H16O3/c1-2-3-4-5-8-9(11(13)14)6-7-10(8)12/h3-4,8-9H,2,5-7H2,1H3,(H,13,14)/b4-3-/t8-,9+/m1/s1. The molecule has 1 saturated carbocycles. The Balaban J connectivity index is 2.58. The van der Waals surface area contributed by atoms with Crippen LogP contribution in [0.3, 0.4) is 0 Å². The van der Waals surface area contributed by atoms with Crippen molar-refractivity contribution in [1.29, 1.82) is 0 Å². The summed E-state index contributed by atoms with van der Waals surface area (Å²) in [7, 11) is 0. The number of carboxylic acids is 1. The van der Waals surface area contributed by atoms with Gasteiger partial charge in [-0.3, -0.25) is 9.59 Å². The Hall–Kier alpha value is -1.12. The van der Waals surface area contributed by atoms with Crippen molar-refractivity contribution in [3.8, 4) is 0 Å². The lowest BCUT2D eigenvalue weighted by Gasteiger charge is -2.11. The van der Waals surface area contributed by atoms with E-state index in [1.807, 2.05) is 19.1 Å². The summed E-state index contributed by atoms with van der Waals surface area (Å²) < 4.78 is 0. The van der Waals surface area contributed by atoms with Gasteiger partial charge in [0.2, 0.25) is 0 Å². The molecule has 2 atom stereocenters. The molecule has 0 spiro atoms. The van der Waals surface area contributed by atoms with Crippen LogP contribution in [0, 0.1) is 11.8 Å². The molecule has 0 bridgehead atoms. The van der Waals surface area contributed by atoms with E-state index in [0.29, 0.717) is 19.3 Å². The lowest BCUT2D eigenvalue weighted by molar-refractivity contribution is -0.144. The first-order valence-corrected chi connectivity index (χ1v) is 5.07. The van der Waals surface area contributed by atoms with Crippen molar-refractivity contribution in [2.24, 2.45) is 11.8 Å². The summed E-state index contributed by atoms with van der Waals surface area (Å²) in [5.41, 5.74) is 0. The highest BCUT2D eigenvalue weighted by Gasteiger charge is 2.38. The molecule has 0 amide bonds. The van der Waals surface area contributed by atoms with Crippen LogP contribution in [0.2, 0.25) is 0 Å². The number of carboxylic acid groups (broad SMARTS) is 1. The van der Waals surface area contributed by atoms with Crippen LogP contribution < -0.4 is 0 Å². The van der Waals surface area contributed by atoms with Crippen LogP contribution in [0.5, 0.6) is 0 Å². The molecule has 0 heterocycles. The zero-order chi connectivity index (χ0) is 10.6. The Morgan fingerprint density at radius 2 is 2.29 bits per heavy atom. The van der Waals surface area contributed by atoms with Crippen molar-refractivity contribution in [2.45, 2.75) is 32.6 Å². The highest BCUT2D eigenvalue weighted by molar-refractivity contribution is 5.89. The van der Waals surface area contributed by atoms with E-state index < -0.39 is 11.9 Å². The fraction of sp³-hybridized carbons (Fsp3) is 0.636. The summed E-state index contributed by atoms with van der Waals surface area (Å²) in [6.07, 6.45) is 6.36. The Kier molecular flexibility index (Phi) is 3.86. The Labute approximate surface area is 83.8 Å². The molecule has 0 aromatic heterocycles. The largest absolute Gasteiger partial charge is 0.481 e. The van der Waals surface area contributed by atoms with Crippen molar-refractivity contribution in [1.82, 2.24) is 0 Å². The molecule has 0 aromatic carbocycles. The average molecular weight is 196 g/mol. The predicted octanol–water partition coefficient (Wildman–Crippen LogP) is 2.02. The van der Waals surface area contributed by atoms with E-state index in [1.165, 1.54) is 0 Å². The van der Waals surface area contributed by atoms with Gasteiger partial charge in [-0.05, 0) is 19.3 Å². The molecule has 0 aliphatic heterocycles. The van der Waals surface area contributed by atoms with Crippen molar-refractivity contribution < 1.29 is 14.7 Å². The van der Waals surface area contributed by atoms with Gasteiger partial charge < -0.3 is 5.11 Å². The number of rotatable bonds is 4. The molecule has 1 rings (SSSR count). The number of carbonyl (C=O) groups is 2. The van der Waals surface area contributed by atoms with E-state index in [0.717, 1.165) is 6.42 Å². The van der Waals surface area contributed by atoms with Crippen LogP contribution >= 0.6 is 0 Å². The summed E-state index contributed by atoms with van der Waals surface area (Å²) in [4.78, 5) is 22.2. The van der Waals surface area contributed by atoms with E-state index >= 15 is 0 Å². The van der Waals surface area contributed by atoms with Gasteiger partial charge in [0.05, 0.1) is 5.92 Å². The number of aliphatic carboxylic acids is 1. The lowest BCUT2D eigenvalue weighted by atomic mass is 9.92. The van der Waals surface area contributed by atoms with Gasteiger partial charge >= 0.3 is 5.97 Å². The van der Waals surface area contributed by atoms with Gasteiger partial charge in [-0.2, -0.15) is 0 Å². The number of ketones is 1. The zero-order valence-electron chi connectivity index (χ0n) is 8.40. The molecule has 1 aliphatic rings. The van der Waals surface area contributed by atoms with Gasteiger partial charge in [0.15, 0.2) is 0 Å². The van der Waals surface area contributed by atoms with Crippen molar-refractivity contribution >= 4 is 11.8 Å². The smallest absolute Gasteiger partial charge is 0.307 e. The number of allylic oxidation sites excluding steroid dienone is 2. The summed E-state index contributed by atoms with van der Waals surface area (Å²) >= 11 is 0. The summed E-state index contributed by atoms with van der Waals surface area (Å²) in [6, 6.07) is 0. The van der Waals surface area contributed by atoms with Crippen LogP contribution in [0.15, 0.2) is 12.2 Å². The average Bonchev–Trinajstić information content (AvgIpc) is 2.48. The second kappa shape index (κ2) is 4.94. The molecule has 1 fully saturated rings. The monoisotopic (exact) mass is 196 g/mol. The Morgan fingerprint density at radius 1 is 1.57 bits per heavy atom. The quantitative estimate of drug-likeness (QED) is 0.700. The molecule has 0 unspecified atom stereocenters. The number of Topliss-reactive ketones (excluding diaryl/α,β-unsaturated/α-hetero) is 1. The second-order valence-electron chi connectivity index (χ2n) is 3.67. The van der Waals surface area contributed by atoms with Gasteiger partial charge in [0, 0.05) is 12.3 Å². The van der Waals surface area contributed by atoms with Crippen LogP contribution in [0.1, 0.15) is 32.6 Å². The third-order valence-corrected chi connectivity index (χ3v) is 2.71. The first-order chi connectivity index (χ1) is 6.66. The third-order valence-electron chi connectivity index (χ3n) is 2.71. The van der Waals surface area contributed by atoms with Crippen LogP contribution in [-0.2, 0) is 9.59 Å². The molecule has 3 heteroatoms. The fourth-order valence-corrected chi connectivity index (χ4v) is 1.91. The first kappa shape index (κ1) is 11.0. The van der Waals surface area contributed by atoms with Gasteiger partial charge in [-0.15, -0.1) is 0 Å². The SMILES string of the molecule is CC/C=C\C[C@H]1C(=O)CC[C@@H]1C(=O)O. The summed E-state index contributed by atoms with van der Waals surface area (Å²) in [6.45, 7) is 2.02. The lowest BCUT2D eigenvalue weighted by Crippen LogP contribution is -2.21. The predicted molar refractivity (Wildman–Crippen MR) is 52.9 cm³/mol. The first-order valence-electron chi connectivity index (χ1n) is 5.07. The zero-order valence-corrected chi connectivity index (χ0v) is 8.40. The minimum absolute atomic E-state index is 0.109. The second-order valence-corrected chi connectivity index (χ2v) is 3.67. The topological polar surface area (TPSA) is 54.4 Å². The Bertz CT molecular complexity index is 255. The normalized spacial score (nSPS) is 27.4. The molecule has 14 heavy (non-hydrogen) atoms. The molecule has 1 N–H and O–H groups in total. The van der Waals surface area contributed by atoms with Crippen LogP contribution in [0.25, 0.3) is 0 Å². The molecular formula is C11H16O3. The molecule has 78 valence electrons. The highest BCUT2D eigenvalue weighted by Crippen LogP contribution is 2.31. The molecule has 1 aliphatic carbocycles. The van der Waals surface area contributed by atoms with Crippen molar-refractivity contribution in [2.75, 3.05) is 0 Å². The molecular weight excluding hydrogens is 180 g/mol. The maximum absolute atomic E-state index is 11.4. The molecule has 0 saturated heterocycles. The fourth-order valence-electron chi connectivity index (χ4n) is 1.91. The van der Waals surface area contributed by atoms with E-state index in [4.69, 9.17) is 5.11 Å². The maximum Gasteiger partial charge on any atom is 0.307 e. The minimum Gasteiger partial charge on any atom is -0.481 e. The van der Waals surface area contributed by atoms with Crippen molar-refractivity contribution in [3.63, 3.8) is 0 Å². The van der Waals surface area contributed by atoms with Crippen LogP contribution in [0.4, 0.5) is 0 Å². The van der Waals surface area contributed by atoms with Gasteiger partial charge in [0.25, 0.3) is 0 Å². The van der Waals surface area contributed by atoms with Gasteiger partial charge in [-0.1, -0.05) is 19.1 Å². The summed E-state index contributed by atoms with van der Waals surface area (Å²) in [5, 5.41) is 8.88. The Morgan fingerprint density at radius 3 is 2.86 bits per heavy atom. The van der Waals surface area contributed by atoms with E-state index in [1.54, 1.807) is 0 Å². The molecule has 0 radical (unpaired) electrons. The minimum atomic E-state index is -0.828. The van der Waals surface area contributed by atoms with E-state index in [2.05, 4.69) is 0 Å². The molecule has 0 aromatic rings. The van der Waals surface area contributed by atoms with Gasteiger partial charge in [0.1, 0.15) is 5.78 Å². The van der Waals surface area contributed by atoms with E-state index in [-0.39, 0.29) is 11.7 Å². The number of carbonyl (C=O) groups excluding carboxylic acids is 1. The van der Waals surface area contributed by atoms with E-state index in [9.17, 15) is 9.59 Å². The van der Waals surface area contributed by atoms with Gasteiger partial charge in [-0.25, -0.2) is 0 Å². The number of hydrogen-bond donors (Lipinski definition) is 1. The van der Waals surface area contributed by atoms with Crippen LogP contribution in [-0.4, -0.2) is 16.9 Å². The highest BCUT2D eigenvalue weighted by atomic mass is 16.4. The maximum atomic E-state index is 11.4. The summed E-state index contributed by atoms with van der Waals surface area (Å²) in [5.74, 6) is -1.46. The number of hydrogen-bond acceptors (Lipinski definition) is 2. The molecule has 3 nitrogen and oxygen atoms in total.